The van der Waals surface area contributed by atoms with E-state index in [0.29, 0.717) is 5.02 Å². The van der Waals surface area contributed by atoms with E-state index in [1.54, 1.807) is 23.9 Å². The van der Waals surface area contributed by atoms with Crippen LogP contribution in [-0.2, 0) is 12.7 Å². The molecule has 0 saturated carbocycles. The van der Waals surface area contributed by atoms with Crippen molar-refractivity contribution in [2.45, 2.75) is 24.5 Å². The Bertz CT molecular complexity index is 781. The van der Waals surface area contributed by atoms with E-state index in [1.165, 1.54) is 0 Å². The molecule has 2 aromatic carbocycles. The summed E-state index contributed by atoms with van der Waals surface area (Å²) in [5.41, 5.74) is 5.30. The molecule has 1 amide bonds. The van der Waals surface area contributed by atoms with Crippen LogP contribution < -0.4 is 11.1 Å². The van der Waals surface area contributed by atoms with Gasteiger partial charge in [-0.15, -0.1) is 11.8 Å². The molecule has 0 saturated heterocycles. The SMILES string of the molecule is CCSc1ccc(Cl)cc1CNC(=O)c1cc(C(F)(F)F)ccc1N. The normalized spacial score (nSPS) is 11.4. The predicted molar refractivity (Wildman–Crippen MR) is 94.9 cm³/mol. The number of alkyl halides is 3. The molecule has 0 bridgehead atoms. The summed E-state index contributed by atoms with van der Waals surface area (Å²) in [6, 6.07) is 7.99. The predicted octanol–water partition coefficient (Wildman–Crippen LogP) is 4.98. The maximum absolute atomic E-state index is 12.8. The van der Waals surface area contributed by atoms with Crippen LogP contribution >= 0.6 is 23.4 Å². The minimum Gasteiger partial charge on any atom is -0.398 e. The molecule has 0 heterocycles. The minimum atomic E-state index is -4.54. The maximum atomic E-state index is 12.8. The van der Waals surface area contributed by atoms with E-state index in [-0.39, 0.29) is 17.8 Å². The number of benzene rings is 2. The van der Waals surface area contributed by atoms with Gasteiger partial charge in [0.25, 0.3) is 5.91 Å². The molecule has 3 N–H and O–H groups in total. The van der Waals surface area contributed by atoms with Crippen LogP contribution in [0.15, 0.2) is 41.3 Å². The molecule has 0 aromatic heterocycles. The number of amides is 1. The number of anilines is 1. The molecule has 2 rings (SSSR count). The van der Waals surface area contributed by atoms with Gasteiger partial charge in [-0.2, -0.15) is 13.2 Å². The summed E-state index contributed by atoms with van der Waals surface area (Å²) in [5.74, 6) is 0.166. The van der Waals surface area contributed by atoms with Crippen molar-refractivity contribution < 1.29 is 18.0 Å². The van der Waals surface area contributed by atoms with Crippen LogP contribution in [0.3, 0.4) is 0 Å². The van der Waals surface area contributed by atoms with Gasteiger partial charge in [-0.1, -0.05) is 18.5 Å². The van der Waals surface area contributed by atoms with Gasteiger partial charge in [-0.05, 0) is 47.7 Å². The average molecular weight is 389 g/mol. The van der Waals surface area contributed by atoms with Crippen molar-refractivity contribution >= 4 is 35.0 Å². The Morgan fingerprint density at radius 3 is 2.60 bits per heavy atom. The zero-order chi connectivity index (χ0) is 18.6. The second kappa shape index (κ2) is 8.01. The van der Waals surface area contributed by atoms with E-state index in [4.69, 9.17) is 17.3 Å². The van der Waals surface area contributed by atoms with Crippen LogP contribution in [0.25, 0.3) is 0 Å². The zero-order valence-corrected chi connectivity index (χ0v) is 14.9. The molecular weight excluding hydrogens is 373 g/mol. The van der Waals surface area contributed by atoms with Crippen LogP contribution in [0.1, 0.15) is 28.4 Å². The third kappa shape index (κ3) is 5.06. The van der Waals surface area contributed by atoms with Crippen molar-refractivity contribution in [3.05, 3.63) is 58.1 Å². The fourth-order valence-electron chi connectivity index (χ4n) is 2.18. The van der Waals surface area contributed by atoms with Gasteiger partial charge in [0, 0.05) is 22.2 Å². The van der Waals surface area contributed by atoms with Gasteiger partial charge < -0.3 is 11.1 Å². The summed E-state index contributed by atoms with van der Waals surface area (Å²) < 4.78 is 38.4. The lowest BCUT2D eigenvalue weighted by atomic mass is 10.1. The van der Waals surface area contributed by atoms with Crippen LogP contribution in [-0.4, -0.2) is 11.7 Å². The van der Waals surface area contributed by atoms with Crippen molar-refractivity contribution in [1.82, 2.24) is 5.32 Å². The van der Waals surface area contributed by atoms with Crippen LogP contribution in [0, 0.1) is 0 Å². The fraction of sp³-hybridized carbons (Fsp3) is 0.235. The highest BCUT2D eigenvalue weighted by molar-refractivity contribution is 7.99. The first-order chi connectivity index (χ1) is 11.7. The Hall–Kier alpha value is -1.86. The Labute approximate surface area is 152 Å². The van der Waals surface area contributed by atoms with E-state index in [1.807, 2.05) is 13.0 Å². The number of hydrogen-bond acceptors (Lipinski definition) is 3. The lowest BCUT2D eigenvalue weighted by Crippen LogP contribution is -2.24. The monoisotopic (exact) mass is 388 g/mol. The Morgan fingerprint density at radius 1 is 1.24 bits per heavy atom. The van der Waals surface area contributed by atoms with E-state index in [2.05, 4.69) is 5.32 Å². The number of carbonyl (C=O) groups excluding carboxylic acids is 1. The van der Waals surface area contributed by atoms with Crippen molar-refractivity contribution in [2.24, 2.45) is 0 Å². The van der Waals surface area contributed by atoms with Gasteiger partial charge in [-0.25, -0.2) is 0 Å². The van der Waals surface area contributed by atoms with Crippen molar-refractivity contribution in [2.75, 3.05) is 11.5 Å². The molecule has 0 unspecified atom stereocenters. The highest BCUT2D eigenvalue weighted by atomic mass is 35.5. The van der Waals surface area contributed by atoms with E-state index < -0.39 is 17.6 Å². The smallest absolute Gasteiger partial charge is 0.398 e. The number of thioether (sulfide) groups is 1. The summed E-state index contributed by atoms with van der Waals surface area (Å²) in [7, 11) is 0. The molecule has 0 atom stereocenters. The Kier molecular flexibility index (Phi) is 6.24. The minimum absolute atomic E-state index is 0.0141. The Morgan fingerprint density at radius 2 is 1.96 bits per heavy atom. The topological polar surface area (TPSA) is 55.1 Å². The quantitative estimate of drug-likeness (QED) is 0.561. The first-order valence-corrected chi connectivity index (χ1v) is 8.75. The van der Waals surface area contributed by atoms with Crippen LogP contribution in [0.4, 0.5) is 18.9 Å². The molecule has 8 heteroatoms. The summed E-state index contributed by atoms with van der Waals surface area (Å²) >= 11 is 7.56. The molecule has 0 spiro atoms. The maximum Gasteiger partial charge on any atom is 0.416 e. The third-order valence-corrected chi connectivity index (χ3v) is 4.62. The molecule has 134 valence electrons. The van der Waals surface area contributed by atoms with Crippen molar-refractivity contribution in [3.63, 3.8) is 0 Å². The lowest BCUT2D eigenvalue weighted by Gasteiger charge is -2.13. The number of nitrogen functional groups attached to an aromatic ring is 1. The second-order valence-corrected chi connectivity index (χ2v) is 6.91. The largest absolute Gasteiger partial charge is 0.416 e. The van der Waals surface area contributed by atoms with Crippen LogP contribution in [0.2, 0.25) is 5.02 Å². The van der Waals surface area contributed by atoms with E-state index in [9.17, 15) is 18.0 Å². The molecular formula is C17H16ClF3N2OS. The van der Waals surface area contributed by atoms with Gasteiger partial charge >= 0.3 is 6.18 Å². The van der Waals surface area contributed by atoms with Crippen LogP contribution in [0.5, 0.6) is 0 Å². The number of nitrogens with two attached hydrogens (primary N) is 1. The zero-order valence-electron chi connectivity index (χ0n) is 13.3. The Balaban J connectivity index is 2.20. The van der Waals surface area contributed by atoms with Gasteiger partial charge in [0.2, 0.25) is 0 Å². The standard InChI is InChI=1S/C17H16ClF3N2OS/c1-2-25-15-6-4-12(18)7-10(15)9-23-16(24)13-8-11(17(19,20)21)3-5-14(13)22/h3-8H,2,9,22H2,1H3,(H,23,24). The number of halogens is 4. The highest BCUT2D eigenvalue weighted by Crippen LogP contribution is 2.31. The highest BCUT2D eigenvalue weighted by Gasteiger charge is 2.31. The summed E-state index contributed by atoms with van der Waals surface area (Å²) in [4.78, 5) is 13.2. The molecule has 2 aromatic rings. The average Bonchev–Trinajstić information content (AvgIpc) is 2.54. The number of rotatable bonds is 5. The molecule has 0 radical (unpaired) electrons. The molecule has 25 heavy (non-hydrogen) atoms. The molecule has 0 aliphatic heterocycles. The van der Waals surface area contributed by atoms with E-state index in [0.717, 1.165) is 34.4 Å². The summed E-state index contributed by atoms with van der Waals surface area (Å²) in [5, 5.41) is 3.12. The van der Waals surface area contributed by atoms with Gasteiger partial charge in [0.15, 0.2) is 0 Å². The van der Waals surface area contributed by atoms with Crippen molar-refractivity contribution in [1.29, 1.82) is 0 Å². The number of carbonyl (C=O) groups is 1. The van der Waals surface area contributed by atoms with Gasteiger partial charge in [0.1, 0.15) is 0 Å². The van der Waals surface area contributed by atoms with E-state index >= 15 is 0 Å². The summed E-state index contributed by atoms with van der Waals surface area (Å²) in [6.07, 6.45) is -4.54. The molecule has 0 aliphatic rings. The first kappa shape index (κ1) is 19.5. The van der Waals surface area contributed by atoms with Crippen molar-refractivity contribution in [3.8, 4) is 0 Å². The summed E-state index contributed by atoms with van der Waals surface area (Å²) in [6.45, 7) is 2.13. The number of hydrogen-bond donors (Lipinski definition) is 2. The molecule has 0 aliphatic carbocycles. The second-order valence-electron chi connectivity index (χ2n) is 5.17. The molecule has 0 fully saturated rings. The number of nitrogens with one attached hydrogen (secondary N) is 1. The third-order valence-electron chi connectivity index (χ3n) is 3.39. The molecule has 3 nitrogen and oxygen atoms in total. The first-order valence-electron chi connectivity index (χ1n) is 7.38. The fourth-order valence-corrected chi connectivity index (χ4v) is 3.17. The van der Waals surface area contributed by atoms with Gasteiger partial charge in [0.05, 0.1) is 11.1 Å². The van der Waals surface area contributed by atoms with Gasteiger partial charge in [-0.3, -0.25) is 4.79 Å². The lowest BCUT2D eigenvalue weighted by molar-refractivity contribution is -0.137.